The molecule has 0 bridgehead atoms. The van der Waals surface area contributed by atoms with Crippen LogP contribution in [0.15, 0.2) is 54.9 Å². The summed E-state index contributed by atoms with van der Waals surface area (Å²) >= 11 is 0. The van der Waals surface area contributed by atoms with Crippen molar-refractivity contribution in [3.63, 3.8) is 0 Å². The van der Waals surface area contributed by atoms with Crippen molar-refractivity contribution in [3.05, 3.63) is 89.0 Å². The first-order valence-corrected chi connectivity index (χ1v) is 9.40. The van der Waals surface area contributed by atoms with Crippen molar-refractivity contribution in [1.29, 1.82) is 0 Å². The Kier molecular flexibility index (Phi) is 4.86. The molecule has 1 unspecified atom stereocenters. The first-order valence-electron chi connectivity index (χ1n) is 9.40. The number of carbonyl (C=O) groups excluding carboxylic acids is 1. The molecule has 1 atom stereocenters. The van der Waals surface area contributed by atoms with E-state index < -0.39 is 23.0 Å². The van der Waals surface area contributed by atoms with Crippen molar-refractivity contribution in [1.82, 2.24) is 9.97 Å². The Bertz CT molecular complexity index is 1040. The molecule has 0 saturated heterocycles. The molecular formula is C23H20F2N2O2. The van der Waals surface area contributed by atoms with Gasteiger partial charge in [-0.2, -0.15) is 0 Å². The highest BCUT2D eigenvalue weighted by atomic mass is 19.1. The first kappa shape index (κ1) is 19.2. The second kappa shape index (κ2) is 7.35. The predicted octanol–water partition coefficient (Wildman–Crippen LogP) is 4.87. The highest BCUT2D eigenvalue weighted by Crippen LogP contribution is 2.43. The number of para-hydroxylation sites is 1. The summed E-state index contributed by atoms with van der Waals surface area (Å²) in [7, 11) is 0. The van der Waals surface area contributed by atoms with Crippen molar-refractivity contribution in [2.45, 2.75) is 38.2 Å². The lowest BCUT2D eigenvalue weighted by atomic mass is 9.82. The molecule has 0 spiro atoms. The topological polar surface area (TPSA) is 52.1 Å². The average molecular weight is 394 g/mol. The number of carbonyl (C=O) groups is 1. The van der Waals surface area contributed by atoms with Crippen LogP contribution in [0.4, 0.5) is 8.78 Å². The zero-order valence-electron chi connectivity index (χ0n) is 16.2. The SMILES string of the molecule is CC1(C)CC(c2cnc(CC(=O)c3c(F)cccc3F)cn2)c2ccccc2O1. The molecule has 0 amide bonds. The van der Waals surface area contributed by atoms with E-state index in [1.54, 1.807) is 6.20 Å². The molecule has 6 heteroatoms. The Morgan fingerprint density at radius 3 is 2.48 bits per heavy atom. The van der Waals surface area contributed by atoms with Crippen molar-refractivity contribution in [2.75, 3.05) is 0 Å². The summed E-state index contributed by atoms with van der Waals surface area (Å²) in [6, 6.07) is 11.2. The van der Waals surface area contributed by atoms with Crippen molar-refractivity contribution in [3.8, 4) is 5.75 Å². The van der Waals surface area contributed by atoms with Crippen LogP contribution in [-0.2, 0) is 6.42 Å². The summed E-state index contributed by atoms with van der Waals surface area (Å²) in [6.07, 6.45) is 3.64. The number of hydrogen-bond acceptors (Lipinski definition) is 4. The van der Waals surface area contributed by atoms with E-state index in [0.717, 1.165) is 35.6 Å². The summed E-state index contributed by atoms with van der Waals surface area (Å²) in [5, 5.41) is 0. The maximum atomic E-state index is 13.8. The van der Waals surface area contributed by atoms with E-state index in [0.29, 0.717) is 5.69 Å². The Morgan fingerprint density at radius 1 is 1.07 bits per heavy atom. The molecule has 1 aliphatic rings. The van der Waals surface area contributed by atoms with E-state index >= 15 is 0 Å². The van der Waals surface area contributed by atoms with Gasteiger partial charge in [0.15, 0.2) is 5.78 Å². The number of aromatic nitrogens is 2. The van der Waals surface area contributed by atoms with Crippen LogP contribution in [0.25, 0.3) is 0 Å². The third kappa shape index (κ3) is 3.88. The minimum absolute atomic E-state index is 0.0104. The number of benzene rings is 2. The van der Waals surface area contributed by atoms with Gasteiger partial charge in [0.2, 0.25) is 0 Å². The second-order valence-corrected chi connectivity index (χ2v) is 7.79. The van der Waals surface area contributed by atoms with Gasteiger partial charge in [-0.3, -0.25) is 14.8 Å². The molecule has 0 N–H and O–H groups in total. The fraction of sp³-hybridized carbons (Fsp3) is 0.261. The number of nitrogens with zero attached hydrogens (tertiary/aromatic N) is 2. The van der Waals surface area contributed by atoms with Crippen LogP contribution >= 0.6 is 0 Å². The summed E-state index contributed by atoms with van der Waals surface area (Å²) in [4.78, 5) is 21.2. The van der Waals surface area contributed by atoms with Gasteiger partial charge in [0.25, 0.3) is 0 Å². The van der Waals surface area contributed by atoms with Crippen molar-refractivity contribution >= 4 is 5.78 Å². The van der Waals surface area contributed by atoms with Gasteiger partial charge >= 0.3 is 0 Å². The van der Waals surface area contributed by atoms with Gasteiger partial charge in [-0.05, 0) is 38.5 Å². The number of halogens is 2. The minimum atomic E-state index is -0.874. The lowest BCUT2D eigenvalue weighted by molar-refractivity contribution is 0.0768. The molecule has 148 valence electrons. The fourth-order valence-corrected chi connectivity index (χ4v) is 3.72. The molecule has 1 aliphatic heterocycles. The summed E-state index contributed by atoms with van der Waals surface area (Å²) < 4.78 is 33.7. The lowest BCUT2D eigenvalue weighted by Crippen LogP contribution is -2.35. The molecule has 2 aromatic carbocycles. The third-order valence-electron chi connectivity index (χ3n) is 5.04. The van der Waals surface area contributed by atoms with Gasteiger partial charge in [0, 0.05) is 23.9 Å². The number of ketones is 1. The number of hydrogen-bond donors (Lipinski definition) is 0. The maximum absolute atomic E-state index is 13.8. The maximum Gasteiger partial charge on any atom is 0.174 e. The smallest absolute Gasteiger partial charge is 0.174 e. The molecule has 2 heterocycles. The molecule has 4 rings (SSSR count). The van der Waals surface area contributed by atoms with E-state index in [2.05, 4.69) is 9.97 Å². The van der Waals surface area contributed by atoms with Gasteiger partial charge in [-0.25, -0.2) is 8.78 Å². The molecule has 0 fully saturated rings. The number of ether oxygens (including phenoxy) is 1. The standard InChI is InChI=1S/C23H20F2N2O2/c1-23(2)11-16(15-6-3-4-9-21(15)29-23)19-13-26-14(12-27-19)10-20(28)22-17(24)7-5-8-18(22)25/h3-9,12-13,16H,10-11H2,1-2H3. The second-order valence-electron chi connectivity index (χ2n) is 7.79. The lowest BCUT2D eigenvalue weighted by Gasteiger charge is -2.37. The normalized spacial score (nSPS) is 17.3. The van der Waals surface area contributed by atoms with Gasteiger partial charge in [0.05, 0.1) is 23.4 Å². The number of Topliss-reactive ketones (excluding diaryl/α,β-unsaturated/α-hetero) is 1. The zero-order chi connectivity index (χ0) is 20.6. The molecule has 3 aromatic rings. The Hall–Kier alpha value is -3.15. The quantitative estimate of drug-likeness (QED) is 0.592. The van der Waals surface area contributed by atoms with E-state index in [9.17, 15) is 13.6 Å². The monoisotopic (exact) mass is 394 g/mol. The Balaban J connectivity index is 1.58. The number of fused-ring (bicyclic) bond motifs is 1. The average Bonchev–Trinajstić information content (AvgIpc) is 2.67. The van der Waals surface area contributed by atoms with Gasteiger partial charge in [-0.15, -0.1) is 0 Å². The van der Waals surface area contributed by atoms with Gasteiger partial charge in [0.1, 0.15) is 23.0 Å². The Labute approximate surface area is 167 Å². The highest BCUT2D eigenvalue weighted by Gasteiger charge is 2.35. The van der Waals surface area contributed by atoms with E-state index in [1.165, 1.54) is 12.3 Å². The number of rotatable bonds is 4. The minimum Gasteiger partial charge on any atom is -0.488 e. The zero-order valence-corrected chi connectivity index (χ0v) is 16.2. The summed E-state index contributed by atoms with van der Waals surface area (Å²) in [5.41, 5.74) is 1.28. The van der Waals surface area contributed by atoms with Gasteiger partial charge < -0.3 is 4.74 Å². The van der Waals surface area contributed by atoms with Crippen LogP contribution in [0.1, 0.15) is 53.5 Å². The van der Waals surface area contributed by atoms with Crippen LogP contribution in [-0.4, -0.2) is 21.4 Å². The first-order chi connectivity index (χ1) is 13.8. The van der Waals surface area contributed by atoms with Crippen LogP contribution < -0.4 is 4.74 Å². The van der Waals surface area contributed by atoms with Crippen molar-refractivity contribution < 1.29 is 18.3 Å². The van der Waals surface area contributed by atoms with Gasteiger partial charge in [-0.1, -0.05) is 24.3 Å². The predicted molar refractivity (Wildman–Crippen MR) is 104 cm³/mol. The third-order valence-corrected chi connectivity index (χ3v) is 5.04. The molecule has 1 aromatic heterocycles. The molecule has 0 aliphatic carbocycles. The van der Waals surface area contributed by atoms with Crippen LogP contribution in [0.2, 0.25) is 0 Å². The molecule has 0 saturated carbocycles. The Morgan fingerprint density at radius 2 is 1.79 bits per heavy atom. The molecule has 4 nitrogen and oxygen atoms in total. The fourth-order valence-electron chi connectivity index (χ4n) is 3.72. The van der Waals surface area contributed by atoms with E-state index in [4.69, 9.17) is 4.74 Å². The van der Waals surface area contributed by atoms with E-state index in [-0.39, 0.29) is 17.9 Å². The highest BCUT2D eigenvalue weighted by molar-refractivity contribution is 5.97. The molecule has 29 heavy (non-hydrogen) atoms. The summed E-state index contributed by atoms with van der Waals surface area (Å²) in [5.74, 6) is -1.58. The van der Waals surface area contributed by atoms with Crippen LogP contribution in [0.3, 0.4) is 0 Å². The van der Waals surface area contributed by atoms with E-state index in [1.807, 2.05) is 38.1 Å². The molecular weight excluding hydrogens is 374 g/mol. The van der Waals surface area contributed by atoms with Crippen molar-refractivity contribution in [2.24, 2.45) is 0 Å². The van der Waals surface area contributed by atoms with Crippen LogP contribution in [0.5, 0.6) is 5.75 Å². The molecule has 0 radical (unpaired) electrons. The van der Waals surface area contributed by atoms with Crippen LogP contribution in [0, 0.1) is 11.6 Å². The summed E-state index contributed by atoms with van der Waals surface area (Å²) in [6.45, 7) is 4.05. The largest absolute Gasteiger partial charge is 0.488 e.